The van der Waals surface area contributed by atoms with Gasteiger partial charge in [0.2, 0.25) is 0 Å². The molecule has 0 aliphatic carbocycles. The Morgan fingerprint density at radius 2 is 1.88 bits per heavy atom. The highest BCUT2D eigenvalue weighted by Crippen LogP contribution is 2.23. The van der Waals surface area contributed by atoms with Crippen LogP contribution in [0, 0.1) is 5.92 Å². The number of likely N-dealkylation sites (tertiary alicyclic amines) is 1. The summed E-state index contributed by atoms with van der Waals surface area (Å²) in [6.07, 6.45) is 9.71. The maximum atomic E-state index is 12.5. The van der Waals surface area contributed by atoms with Crippen LogP contribution >= 0.6 is 0 Å². The number of aromatic nitrogens is 2. The highest BCUT2D eigenvalue weighted by molar-refractivity contribution is 5.81. The van der Waals surface area contributed by atoms with Gasteiger partial charge in [-0.15, -0.1) is 0 Å². The first kappa shape index (κ1) is 18.3. The van der Waals surface area contributed by atoms with Crippen molar-refractivity contribution in [1.29, 1.82) is 0 Å². The monoisotopic (exact) mass is 346 g/mol. The van der Waals surface area contributed by atoms with Gasteiger partial charge in [-0.1, -0.05) is 0 Å². The molecule has 0 N–H and O–H groups in total. The first-order valence-corrected chi connectivity index (χ1v) is 9.46. The number of carbonyl (C=O) groups is 1. The van der Waals surface area contributed by atoms with Gasteiger partial charge < -0.3 is 14.5 Å². The summed E-state index contributed by atoms with van der Waals surface area (Å²) in [4.78, 5) is 25.7. The Labute approximate surface area is 150 Å². The van der Waals surface area contributed by atoms with Gasteiger partial charge in [-0.25, -0.2) is 0 Å². The van der Waals surface area contributed by atoms with Crippen LogP contribution < -0.4 is 0 Å². The maximum absolute atomic E-state index is 12.5. The average Bonchev–Trinajstić information content (AvgIpc) is 2.64. The van der Waals surface area contributed by atoms with Gasteiger partial charge >= 0.3 is 0 Å². The van der Waals surface area contributed by atoms with Crippen LogP contribution in [0.25, 0.3) is 0 Å². The fraction of sp³-hybridized carbons (Fsp3) is 0.737. The third-order valence-electron chi connectivity index (χ3n) is 5.12. The number of piperidine rings is 1. The van der Waals surface area contributed by atoms with Crippen LogP contribution in [0.2, 0.25) is 0 Å². The third-order valence-corrected chi connectivity index (χ3v) is 5.12. The van der Waals surface area contributed by atoms with Crippen LogP contribution in [0.5, 0.6) is 0 Å². The number of hydrogen-bond acceptors (Lipinski definition) is 5. The molecule has 1 amide bonds. The second kappa shape index (κ2) is 8.72. The van der Waals surface area contributed by atoms with Crippen molar-refractivity contribution in [2.75, 3.05) is 33.8 Å². The van der Waals surface area contributed by atoms with Gasteiger partial charge in [-0.3, -0.25) is 14.8 Å². The van der Waals surface area contributed by atoms with Gasteiger partial charge in [0.05, 0.1) is 17.6 Å². The molecule has 0 aromatic carbocycles. The summed E-state index contributed by atoms with van der Waals surface area (Å²) in [5.74, 6) is 0.788. The van der Waals surface area contributed by atoms with Crippen LogP contribution in [-0.2, 0) is 22.5 Å². The van der Waals surface area contributed by atoms with E-state index in [2.05, 4.69) is 14.9 Å². The van der Waals surface area contributed by atoms with E-state index in [1.165, 1.54) is 0 Å². The van der Waals surface area contributed by atoms with E-state index >= 15 is 0 Å². The van der Waals surface area contributed by atoms with E-state index < -0.39 is 0 Å². The maximum Gasteiger partial charge on any atom is 0.251 e. The van der Waals surface area contributed by atoms with Crippen LogP contribution in [0.4, 0.5) is 0 Å². The molecule has 2 aliphatic heterocycles. The molecule has 0 unspecified atom stereocenters. The number of ether oxygens (including phenoxy) is 1. The van der Waals surface area contributed by atoms with E-state index in [-0.39, 0.29) is 12.0 Å². The predicted molar refractivity (Wildman–Crippen MR) is 96.0 cm³/mol. The molecule has 2 saturated heterocycles. The van der Waals surface area contributed by atoms with Crippen molar-refractivity contribution in [3.05, 3.63) is 23.8 Å². The Kier molecular flexibility index (Phi) is 6.37. The number of carbonyl (C=O) groups excluding carboxylic acids is 1. The second-order valence-corrected chi connectivity index (χ2v) is 7.56. The lowest BCUT2D eigenvalue weighted by Gasteiger charge is -2.35. The molecule has 1 atom stereocenters. The van der Waals surface area contributed by atoms with Crippen LogP contribution in [-0.4, -0.2) is 65.6 Å². The highest BCUT2D eigenvalue weighted by Gasteiger charge is 2.30. The SMILES string of the molecule is CN(C)Cc1cnc(CC2CCN(C(=O)[C@@H]3CCCCO3)CC2)cn1. The standard InChI is InChI=1S/C19H30N4O2/c1-22(2)14-17-13-20-16(12-21-17)11-15-6-8-23(9-7-15)19(24)18-5-3-4-10-25-18/h12-13,15,18H,3-11,14H2,1-2H3/t18-/m0/s1. The summed E-state index contributed by atoms with van der Waals surface area (Å²) in [5.41, 5.74) is 2.06. The van der Waals surface area contributed by atoms with Crippen molar-refractivity contribution in [3.8, 4) is 0 Å². The lowest BCUT2D eigenvalue weighted by atomic mass is 9.92. The Balaban J connectivity index is 1.45. The summed E-state index contributed by atoms with van der Waals surface area (Å²) in [6.45, 7) is 3.23. The summed E-state index contributed by atoms with van der Waals surface area (Å²) in [7, 11) is 4.06. The number of rotatable bonds is 5. The fourth-order valence-corrected chi connectivity index (χ4v) is 3.68. The van der Waals surface area contributed by atoms with Crippen molar-refractivity contribution in [1.82, 2.24) is 19.8 Å². The lowest BCUT2D eigenvalue weighted by molar-refractivity contribution is -0.147. The van der Waals surface area contributed by atoms with Gasteiger partial charge in [-0.2, -0.15) is 0 Å². The molecule has 0 radical (unpaired) electrons. The topological polar surface area (TPSA) is 58.6 Å². The van der Waals surface area contributed by atoms with E-state index in [1.807, 2.05) is 31.4 Å². The molecule has 0 saturated carbocycles. The van der Waals surface area contributed by atoms with E-state index in [1.54, 1.807) is 0 Å². The minimum atomic E-state index is -0.194. The molecule has 2 fully saturated rings. The predicted octanol–water partition coefficient (Wildman–Crippen LogP) is 1.89. The van der Waals surface area contributed by atoms with Gasteiger partial charge in [0.15, 0.2) is 0 Å². The Bertz CT molecular complexity index is 547. The number of amides is 1. The molecule has 3 rings (SSSR count). The molecule has 6 heteroatoms. The normalized spacial score (nSPS) is 22.4. The van der Waals surface area contributed by atoms with Crippen LogP contribution in [0.3, 0.4) is 0 Å². The zero-order chi connectivity index (χ0) is 17.6. The van der Waals surface area contributed by atoms with Crippen molar-refractivity contribution >= 4 is 5.91 Å². The van der Waals surface area contributed by atoms with Crippen LogP contribution in [0.1, 0.15) is 43.5 Å². The molecule has 1 aromatic heterocycles. The Morgan fingerprint density at radius 1 is 1.16 bits per heavy atom. The molecule has 6 nitrogen and oxygen atoms in total. The van der Waals surface area contributed by atoms with Gasteiger partial charge in [-0.05, 0) is 58.5 Å². The quantitative estimate of drug-likeness (QED) is 0.815. The lowest BCUT2D eigenvalue weighted by Crippen LogP contribution is -2.45. The molecule has 0 bridgehead atoms. The van der Waals surface area contributed by atoms with E-state index in [0.717, 1.165) is 76.2 Å². The van der Waals surface area contributed by atoms with Crippen molar-refractivity contribution in [3.63, 3.8) is 0 Å². The largest absolute Gasteiger partial charge is 0.368 e. The minimum absolute atomic E-state index is 0.194. The average molecular weight is 346 g/mol. The fourth-order valence-electron chi connectivity index (χ4n) is 3.68. The second-order valence-electron chi connectivity index (χ2n) is 7.56. The number of nitrogens with zero attached hydrogens (tertiary/aromatic N) is 4. The molecule has 3 heterocycles. The van der Waals surface area contributed by atoms with Gasteiger partial charge in [0.25, 0.3) is 5.91 Å². The highest BCUT2D eigenvalue weighted by atomic mass is 16.5. The summed E-state index contributed by atoms with van der Waals surface area (Å²) in [6, 6.07) is 0. The molecule has 2 aliphatic rings. The molecular formula is C19H30N4O2. The Hall–Kier alpha value is -1.53. The van der Waals surface area contributed by atoms with Gasteiger partial charge in [0.1, 0.15) is 6.10 Å². The molecular weight excluding hydrogens is 316 g/mol. The third kappa shape index (κ3) is 5.22. The smallest absolute Gasteiger partial charge is 0.251 e. The number of hydrogen-bond donors (Lipinski definition) is 0. The molecule has 138 valence electrons. The first-order valence-electron chi connectivity index (χ1n) is 9.46. The molecule has 25 heavy (non-hydrogen) atoms. The van der Waals surface area contributed by atoms with Gasteiger partial charge in [0, 0.05) is 32.4 Å². The van der Waals surface area contributed by atoms with E-state index in [9.17, 15) is 4.79 Å². The molecule has 1 aromatic rings. The Morgan fingerprint density at radius 3 is 2.48 bits per heavy atom. The summed E-state index contributed by atoms with van der Waals surface area (Å²) in [5, 5.41) is 0. The van der Waals surface area contributed by atoms with E-state index in [4.69, 9.17) is 4.74 Å². The van der Waals surface area contributed by atoms with Crippen LogP contribution in [0.15, 0.2) is 12.4 Å². The van der Waals surface area contributed by atoms with Crippen molar-refractivity contribution < 1.29 is 9.53 Å². The van der Waals surface area contributed by atoms with E-state index in [0.29, 0.717) is 5.92 Å². The summed E-state index contributed by atoms with van der Waals surface area (Å²) < 4.78 is 5.64. The van der Waals surface area contributed by atoms with Crippen molar-refractivity contribution in [2.45, 2.75) is 51.2 Å². The zero-order valence-electron chi connectivity index (χ0n) is 15.5. The van der Waals surface area contributed by atoms with Crippen molar-refractivity contribution in [2.24, 2.45) is 5.92 Å². The zero-order valence-corrected chi connectivity index (χ0v) is 15.5. The molecule has 0 spiro atoms. The summed E-state index contributed by atoms with van der Waals surface area (Å²) >= 11 is 0. The first-order chi connectivity index (χ1) is 12.1. The minimum Gasteiger partial charge on any atom is -0.368 e.